The normalized spacial score (nSPS) is 10.7. The molecule has 0 saturated carbocycles. The molecular formula is C12H9Cl3N2O2. The lowest BCUT2D eigenvalue weighted by molar-refractivity contribution is 0.111. The summed E-state index contributed by atoms with van der Waals surface area (Å²) in [6.45, 7) is 0.197. The van der Waals surface area contributed by atoms with Gasteiger partial charge in [-0.05, 0) is 18.2 Å². The first kappa shape index (κ1) is 14.3. The van der Waals surface area contributed by atoms with Gasteiger partial charge in [0.15, 0.2) is 6.29 Å². The van der Waals surface area contributed by atoms with Crippen LogP contribution in [0.25, 0.3) is 5.69 Å². The van der Waals surface area contributed by atoms with Gasteiger partial charge in [-0.3, -0.25) is 4.79 Å². The summed E-state index contributed by atoms with van der Waals surface area (Å²) in [6.07, 6.45) is 0.651. The molecule has 0 aliphatic heterocycles. The molecule has 0 atom stereocenters. The fourth-order valence-electron chi connectivity index (χ4n) is 1.60. The number of ether oxygens (including phenoxy) is 1. The Bertz CT molecular complexity index is 626. The second-order valence-corrected chi connectivity index (χ2v) is 4.88. The third-order valence-electron chi connectivity index (χ3n) is 2.49. The van der Waals surface area contributed by atoms with Crippen molar-refractivity contribution in [3.05, 3.63) is 44.7 Å². The van der Waals surface area contributed by atoms with Gasteiger partial charge in [0.05, 0.1) is 27.9 Å². The number of carbonyl (C=O) groups is 1. The largest absolute Gasteiger partial charge is 0.378 e. The Morgan fingerprint density at radius 1 is 1.32 bits per heavy atom. The average molecular weight is 320 g/mol. The van der Waals surface area contributed by atoms with Crippen molar-refractivity contribution in [3.63, 3.8) is 0 Å². The number of aromatic nitrogens is 2. The smallest absolute Gasteiger partial charge is 0.155 e. The van der Waals surface area contributed by atoms with Gasteiger partial charge in [0.25, 0.3) is 0 Å². The third kappa shape index (κ3) is 2.77. The zero-order chi connectivity index (χ0) is 14.0. The molecule has 0 aliphatic carbocycles. The summed E-state index contributed by atoms with van der Waals surface area (Å²) < 4.78 is 6.40. The average Bonchev–Trinajstić information content (AvgIpc) is 2.70. The lowest BCUT2D eigenvalue weighted by Crippen LogP contribution is -1.98. The molecule has 1 aromatic carbocycles. The lowest BCUT2D eigenvalue weighted by atomic mass is 10.3. The van der Waals surface area contributed by atoms with Crippen LogP contribution in [0, 0.1) is 0 Å². The molecule has 2 rings (SSSR count). The van der Waals surface area contributed by atoms with Crippen LogP contribution in [0.4, 0.5) is 0 Å². The fourth-order valence-corrected chi connectivity index (χ4v) is 2.18. The molecule has 100 valence electrons. The Balaban J connectivity index is 2.55. The van der Waals surface area contributed by atoms with Gasteiger partial charge in [-0.2, -0.15) is 5.10 Å². The first-order valence-corrected chi connectivity index (χ1v) is 6.38. The van der Waals surface area contributed by atoms with Crippen molar-refractivity contribution in [1.29, 1.82) is 0 Å². The molecule has 0 N–H and O–H groups in total. The van der Waals surface area contributed by atoms with E-state index in [9.17, 15) is 4.79 Å². The minimum atomic E-state index is 0.197. The molecule has 0 radical (unpaired) electrons. The molecule has 0 amide bonds. The molecule has 2 aromatic rings. The van der Waals surface area contributed by atoms with Crippen LogP contribution in [0.5, 0.6) is 0 Å². The van der Waals surface area contributed by atoms with Crippen molar-refractivity contribution in [3.8, 4) is 5.69 Å². The number of halogens is 3. The SMILES string of the molecule is COCc1nn(-c2ccc(Cl)c(Cl)c2)c(Cl)c1C=O. The maximum Gasteiger partial charge on any atom is 0.155 e. The van der Waals surface area contributed by atoms with E-state index < -0.39 is 0 Å². The van der Waals surface area contributed by atoms with Gasteiger partial charge < -0.3 is 4.74 Å². The van der Waals surface area contributed by atoms with E-state index in [0.717, 1.165) is 0 Å². The maximum absolute atomic E-state index is 11.0. The van der Waals surface area contributed by atoms with Crippen LogP contribution in [0.1, 0.15) is 16.1 Å². The number of nitrogens with zero attached hydrogens (tertiary/aromatic N) is 2. The van der Waals surface area contributed by atoms with E-state index in [2.05, 4.69) is 5.10 Å². The number of methoxy groups -OCH3 is 1. The highest BCUT2D eigenvalue weighted by Gasteiger charge is 2.17. The summed E-state index contributed by atoms with van der Waals surface area (Å²) in [6, 6.07) is 4.96. The minimum Gasteiger partial charge on any atom is -0.378 e. The molecule has 7 heteroatoms. The van der Waals surface area contributed by atoms with Crippen LogP contribution in [0.3, 0.4) is 0 Å². The molecule has 0 unspecified atom stereocenters. The number of benzene rings is 1. The van der Waals surface area contributed by atoms with Gasteiger partial charge in [-0.25, -0.2) is 4.68 Å². The molecule has 19 heavy (non-hydrogen) atoms. The quantitative estimate of drug-likeness (QED) is 0.805. The number of aldehydes is 1. The highest BCUT2D eigenvalue weighted by Crippen LogP contribution is 2.28. The number of rotatable bonds is 4. The standard InChI is InChI=1S/C12H9Cl3N2O2/c1-19-6-11-8(5-18)12(15)17(16-11)7-2-3-9(13)10(14)4-7/h2-5H,6H2,1H3. The number of hydrogen-bond donors (Lipinski definition) is 0. The molecule has 1 heterocycles. The van der Waals surface area contributed by atoms with Crippen molar-refractivity contribution in [2.45, 2.75) is 6.61 Å². The third-order valence-corrected chi connectivity index (χ3v) is 3.59. The summed E-state index contributed by atoms with van der Waals surface area (Å²) in [5.74, 6) is 0. The summed E-state index contributed by atoms with van der Waals surface area (Å²) in [7, 11) is 1.51. The van der Waals surface area contributed by atoms with Crippen LogP contribution in [-0.2, 0) is 11.3 Å². The van der Waals surface area contributed by atoms with E-state index in [1.807, 2.05) is 0 Å². The van der Waals surface area contributed by atoms with Gasteiger partial charge in [0.2, 0.25) is 0 Å². The molecule has 0 aliphatic rings. The second kappa shape index (κ2) is 5.92. The first-order valence-electron chi connectivity index (χ1n) is 5.25. The lowest BCUT2D eigenvalue weighted by Gasteiger charge is -2.04. The Labute approximate surface area is 124 Å². The molecule has 0 spiro atoms. The monoisotopic (exact) mass is 318 g/mol. The maximum atomic E-state index is 11.0. The number of carbonyl (C=O) groups excluding carboxylic acids is 1. The van der Waals surface area contributed by atoms with Crippen LogP contribution < -0.4 is 0 Å². The summed E-state index contributed by atoms with van der Waals surface area (Å²) >= 11 is 17.9. The minimum absolute atomic E-state index is 0.197. The summed E-state index contributed by atoms with van der Waals surface area (Å²) in [5, 5.41) is 5.26. The predicted octanol–water partition coefficient (Wildman–Crippen LogP) is 3.79. The number of hydrogen-bond acceptors (Lipinski definition) is 3. The van der Waals surface area contributed by atoms with Crippen molar-refractivity contribution in [2.75, 3.05) is 7.11 Å². The zero-order valence-electron chi connectivity index (χ0n) is 9.86. The molecule has 4 nitrogen and oxygen atoms in total. The highest BCUT2D eigenvalue weighted by molar-refractivity contribution is 6.42. The van der Waals surface area contributed by atoms with E-state index in [1.165, 1.54) is 11.8 Å². The van der Waals surface area contributed by atoms with E-state index in [4.69, 9.17) is 39.5 Å². The second-order valence-electron chi connectivity index (χ2n) is 3.71. The Morgan fingerprint density at radius 3 is 2.63 bits per heavy atom. The summed E-state index contributed by atoms with van der Waals surface area (Å²) in [4.78, 5) is 11.0. The fraction of sp³-hybridized carbons (Fsp3) is 0.167. The van der Waals surface area contributed by atoms with Crippen molar-refractivity contribution in [1.82, 2.24) is 9.78 Å². The summed E-state index contributed by atoms with van der Waals surface area (Å²) in [5.41, 5.74) is 1.38. The van der Waals surface area contributed by atoms with E-state index in [0.29, 0.717) is 33.3 Å². The van der Waals surface area contributed by atoms with Crippen molar-refractivity contribution >= 4 is 41.1 Å². The van der Waals surface area contributed by atoms with Gasteiger partial charge in [-0.1, -0.05) is 34.8 Å². The van der Waals surface area contributed by atoms with Crippen molar-refractivity contribution < 1.29 is 9.53 Å². The van der Waals surface area contributed by atoms with Gasteiger partial charge >= 0.3 is 0 Å². The predicted molar refractivity (Wildman–Crippen MR) is 74.7 cm³/mol. The van der Waals surface area contributed by atoms with E-state index >= 15 is 0 Å². The zero-order valence-corrected chi connectivity index (χ0v) is 12.1. The Kier molecular flexibility index (Phi) is 4.47. The van der Waals surface area contributed by atoms with Crippen LogP contribution in [0.15, 0.2) is 18.2 Å². The van der Waals surface area contributed by atoms with Crippen LogP contribution in [-0.4, -0.2) is 23.2 Å². The van der Waals surface area contributed by atoms with Gasteiger partial charge in [0.1, 0.15) is 10.8 Å². The first-order chi connectivity index (χ1) is 9.08. The highest BCUT2D eigenvalue weighted by atomic mass is 35.5. The topological polar surface area (TPSA) is 44.1 Å². The van der Waals surface area contributed by atoms with Gasteiger partial charge in [0, 0.05) is 7.11 Å². The molecule has 1 aromatic heterocycles. The molecule has 0 bridgehead atoms. The van der Waals surface area contributed by atoms with Crippen molar-refractivity contribution in [2.24, 2.45) is 0 Å². The molecular weight excluding hydrogens is 311 g/mol. The molecule has 0 saturated heterocycles. The van der Waals surface area contributed by atoms with E-state index in [-0.39, 0.29) is 11.8 Å². The Hall–Kier alpha value is -1.07. The Morgan fingerprint density at radius 2 is 2.05 bits per heavy atom. The van der Waals surface area contributed by atoms with E-state index in [1.54, 1.807) is 18.2 Å². The van der Waals surface area contributed by atoms with Crippen LogP contribution in [0.2, 0.25) is 15.2 Å². The van der Waals surface area contributed by atoms with Gasteiger partial charge in [-0.15, -0.1) is 0 Å². The molecule has 0 fully saturated rings. The van der Waals surface area contributed by atoms with Crippen LogP contribution >= 0.6 is 34.8 Å².